The molecule has 19 heavy (non-hydrogen) atoms. The molecule has 5 heteroatoms. The highest BCUT2D eigenvalue weighted by Gasteiger charge is 2.09. The fourth-order valence-electron chi connectivity index (χ4n) is 1.65. The fourth-order valence-corrected chi connectivity index (χ4v) is 1.65. The molecule has 0 aliphatic carbocycles. The molecule has 0 saturated heterocycles. The van der Waals surface area contributed by atoms with Gasteiger partial charge in [0.1, 0.15) is 29.1 Å². The third kappa shape index (κ3) is 2.86. The van der Waals surface area contributed by atoms with Crippen molar-refractivity contribution < 1.29 is 13.2 Å². The molecular formula is C14H9F3N2. The second kappa shape index (κ2) is 5.44. The summed E-state index contributed by atoms with van der Waals surface area (Å²) in [5.41, 5.74) is 0.193. The molecule has 0 bridgehead atoms. The molecule has 0 aliphatic rings. The predicted molar refractivity (Wildman–Crippen MR) is 64.8 cm³/mol. The molecule has 0 aromatic heterocycles. The molecule has 0 fully saturated rings. The summed E-state index contributed by atoms with van der Waals surface area (Å²) in [5.74, 6) is -1.78. The zero-order valence-corrected chi connectivity index (χ0v) is 9.75. The fraction of sp³-hybridized carbons (Fsp3) is 0.0714. The number of nitrogens with one attached hydrogen (secondary N) is 1. The van der Waals surface area contributed by atoms with E-state index in [1.54, 1.807) is 6.07 Å². The summed E-state index contributed by atoms with van der Waals surface area (Å²) in [7, 11) is 0. The molecule has 0 saturated carbocycles. The van der Waals surface area contributed by atoms with Gasteiger partial charge in [-0.05, 0) is 30.3 Å². The van der Waals surface area contributed by atoms with E-state index in [1.165, 1.54) is 12.1 Å². The van der Waals surface area contributed by atoms with Crippen molar-refractivity contribution in [1.82, 2.24) is 0 Å². The van der Waals surface area contributed by atoms with Crippen LogP contribution < -0.4 is 5.32 Å². The molecule has 0 amide bonds. The van der Waals surface area contributed by atoms with Gasteiger partial charge in [-0.25, -0.2) is 13.2 Å². The van der Waals surface area contributed by atoms with Gasteiger partial charge >= 0.3 is 0 Å². The summed E-state index contributed by atoms with van der Waals surface area (Å²) in [4.78, 5) is 0. The van der Waals surface area contributed by atoms with Gasteiger partial charge in [0.05, 0.1) is 5.69 Å². The van der Waals surface area contributed by atoms with Crippen LogP contribution in [0.1, 0.15) is 11.1 Å². The average Bonchev–Trinajstić information content (AvgIpc) is 2.40. The smallest absolute Gasteiger partial charge is 0.143 e. The monoisotopic (exact) mass is 262 g/mol. The lowest BCUT2D eigenvalue weighted by molar-refractivity contribution is 0.587. The molecule has 96 valence electrons. The SMILES string of the molecule is N#Cc1c(F)cccc1NCc1cc(F)ccc1F. The second-order valence-electron chi connectivity index (χ2n) is 3.86. The molecule has 2 aromatic carbocycles. The standard InChI is InChI=1S/C14H9F3N2/c15-10-4-5-12(16)9(6-10)8-19-14-3-1-2-13(17)11(14)7-18/h1-6,19H,8H2. The van der Waals surface area contributed by atoms with Gasteiger partial charge in [-0.15, -0.1) is 0 Å². The zero-order valence-electron chi connectivity index (χ0n) is 9.75. The molecule has 2 nitrogen and oxygen atoms in total. The van der Waals surface area contributed by atoms with E-state index in [0.717, 1.165) is 24.3 Å². The Morgan fingerprint density at radius 1 is 1.05 bits per heavy atom. The lowest BCUT2D eigenvalue weighted by Crippen LogP contribution is -2.04. The van der Waals surface area contributed by atoms with Crippen molar-refractivity contribution in [3.8, 4) is 6.07 Å². The Kier molecular flexibility index (Phi) is 3.71. The Hall–Kier alpha value is -2.48. The molecule has 1 N–H and O–H groups in total. The maximum absolute atomic E-state index is 13.4. The maximum Gasteiger partial charge on any atom is 0.143 e. The van der Waals surface area contributed by atoms with E-state index in [9.17, 15) is 13.2 Å². The number of halogens is 3. The summed E-state index contributed by atoms with van der Waals surface area (Å²) in [6.45, 7) is -0.0400. The molecule has 0 aliphatic heterocycles. The number of nitriles is 1. The molecular weight excluding hydrogens is 253 g/mol. The van der Waals surface area contributed by atoms with Crippen LogP contribution in [0.15, 0.2) is 36.4 Å². The van der Waals surface area contributed by atoms with Crippen molar-refractivity contribution in [1.29, 1.82) is 5.26 Å². The largest absolute Gasteiger partial charge is 0.380 e. The van der Waals surface area contributed by atoms with Crippen molar-refractivity contribution in [2.75, 3.05) is 5.32 Å². The molecule has 0 spiro atoms. The predicted octanol–water partition coefficient (Wildman–Crippen LogP) is 3.59. The molecule has 0 heterocycles. The Bertz CT molecular complexity index is 648. The van der Waals surface area contributed by atoms with Gasteiger partial charge in [0.25, 0.3) is 0 Å². The molecule has 0 radical (unpaired) electrons. The first-order valence-electron chi connectivity index (χ1n) is 5.48. The first kappa shape index (κ1) is 13.0. The van der Waals surface area contributed by atoms with Gasteiger partial charge in [-0.2, -0.15) is 5.26 Å². The normalized spacial score (nSPS) is 10.0. The quantitative estimate of drug-likeness (QED) is 0.917. The van der Waals surface area contributed by atoms with Crippen molar-refractivity contribution in [2.45, 2.75) is 6.54 Å². The van der Waals surface area contributed by atoms with Gasteiger partial charge in [0, 0.05) is 12.1 Å². The van der Waals surface area contributed by atoms with Gasteiger partial charge in [0.15, 0.2) is 0 Å². The highest BCUT2D eigenvalue weighted by molar-refractivity contribution is 5.58. The summed E-state index contributed by atoms with van der Waals surface area (Å²) in [6.07, 6.45) is 0. The third-order valence-electron chi connectivity index (χ3n) is 2.60. The highest BCUT2D eigenvalue weighted by Crippen LogP contribution is 2.19. The zero-order chi connectivity index (χ0) is 13.8. The topological polar surface area (TPSA) is 35.8 Å². The van der Waals surface area contributed by atoms with Crippen molar-refractivity contribution >= 4 is 5.69 Å². The molecule has 2 aromatic rings. The van der Waals surface area contributed by atoms with Crippen LogP contribution in [0, 0.1) is 28.8 Å². The average molecular weight is 262 g/mol. The van der Waals surface area contributed by atoms with Gasteiger partial charge in [-0.1, -0.05) is 6.07 Å². The summed E-state index contributed by atoms with van der Waals surface area (Å²) in [6, 6.07) is 8.89. The Morgan fingerprint density at radius 3 is 2.58 bits per heavy atom. The van der Waals surface area contributed by atoms with E-state index in [1.807, 2.05) is 0 Å². The first-order chi connectivity index (χ1) is 9.11. The van der Waals surface area contributed by atoms with Crippen molar-refractivity contribution in [3.05, 3.63) is 65.0 Å². The van der Waals surface area contributed by atoms with E-state index >= 15 is 0 Å². The van der Waals surface area contributed by atoms with E-state index < -0.39 is 17.5 Å². The van der Waals surface area contributed by atoms with Crippen LogP contribution in [0.2, 0.25) is 0 Å². The maximum atomic E-state index is 13.4. The Balaban J connectivity index is 2.22. The molecule has 2 rings (SSSR count). The summed E-state index contributed by atoms with van der Waals surface area (Å²) >= 11 is 0. The first-order valence-corrected chi connectivity index (χ1v) is 5.48. The lowest BCUT2D eigenvalue weighted by atomic mass is 10.1. The minimum Gasteiger partial charge on any atom is -0.380 e. The minimum atomic E-state index is -0.660. The van der Waals surface area contributed by atoms with E-state index in [-0.39, 0.29) is 23.4 Å². The van der Waals surface area contributed by atoms with E-state index in [0.29, 0.717) is 0 Å². The number of nitrogens with zero attached hydrogens (tertiary/aromatic N) is 1. The Labute approximate surface area is 108 Å². The van der Waals surface area contributed by atoms with Gasteiger partial charge < -0.3 is 5.32 Å². The number of rotatable bonds is 3. The lowest BCUT2D eigenvalue weighted by Gasteiger charge is -2.09. The van der Waals surface area contributed by atoms with Crippen molar-refractivity contribution in [3.63, 3.8) is 0 Å². The highest BCUT2D eigenvalue weighted by atomic mass is 19.1. The van der Waals surface area contributed by atoms with Crippen molar-refractivity contribution in [2.24, 2.45) is 0 Å². The number of hydrogen-bond acceptors (Lipinski definition) is 2. The van der Waals surface area contributed by atoms with Crippen LogP contribution in [0.3, 0.4) is 0 Å². The summed E-state index contributed by atoms with van der Waals surface area (Å²) < 4.78 is 39.7. The Morgan fingerprint density at radius 2 is 1.84 bits per heavy atom. The third-order valence-corrected chi connectivity index (χ3v) is 2.60. The van der Waals surface area contributed by atoms with E-state index in [2.05, 4.69) is 5.32 Å². The minimum absolute atomic E-state index is 0.0400. The van der Waals surface area contributed by atoms with Crippen LogP contribution in [0.4, 0.5) is 18.9 Å². The van der Waals surface area contributed by atoms with Crippen LogP contribution in [-0.2, 0) is 6.54 Å². The second-order valence-corrected chi connectivity index (χ2v) is 3.86. The number of benzene rings is 2. The van der Waals surface area contributed by atoms with E-state index in [4.69, 9.17) is 5.26 Å². The van der Waals surface area contributed by atoms with Crippen LogP contribution in [-0.4, -0.2) is 0 Å². The van der Waals surface area contributed by atoms with Gasteiger partial charge in [0.2, 0.25) is 0 Å². The van der Waals surface area contributed by atoms with Crippen LogP contribution in [0.25, 0.3) is 0 Å². The van der Waals surface area contributed by atoms with Gasteiger partial charge in [-0.3, -0.25) is 0 Å². The number of hydrogen-bond donors (Lipinski definition) is 1. The molecule has 0 atom stereocenters. The molecule has 0 unspecified atom stereocenters. The number of anilines is 1. The van der Waals surface area contributed by atoms with Crippen LogP contribution >= 0.6 is 0 Å². The van der Waals surface area contributed by atoms with Crippen LogP contribution in [0.5, 0.6) is 0 Å². The summed E-state index contributed by atoms with van der Waals surface area (Å²) in [5, 5.41) is 11.6.